The molecule has 2 nitrogen and oxygen atoms in total. The Balaban J connectivity index is 3.04. The first-order valence-corrected chi connectivity index (χ1v) is 4.69. The van der Waals surface area contributed by atoms with Crippen molar-refractivity contribution in [2.24, 2.45) is 0 Å². The minimum atomic E-state index is 0.154. The second-order valence-electron chi connectivity index (χ2n) is 3.39. The van der Waals surface area contributed by atoms with Gasteiger partial charge in [-0.3, -0.25) is 0 Å². The third-order valence-corrected chi connectivity index (χ3v) is 2.16. The molecule has 1 aromatic rings. The molecule has 0 aliphatic rings. The fraction of sp³-hybridized carbons (Fsp3) is 0.667. The highest BCUT2D eigenvalue weighted by molar-refractivity contribution is 7.80. The summed E-state index contributed by atoms with van der Waals surface area (Å²) in [7, 11) is 0. The maximum Gasteiger partial charge on any atom is 0.142 e. The van der Waals surface area contributed by atoms with Crippen LogP contribution in [0.5, 0.6) is 0 Å². The van der Waals surface area contributed by atoms with Gasteiger partial charge in [-0.2, -0.15) is 12.6 Å². The molecule has 0 N–H and O–H groups in total. The predicted octanol–water partition coefficient (Wildman–Crippen LogP) is 3.10. The Labute approximate surface area is 78.7 Å². The highest BCUT2D eigenvalue weighted by Gasteiger charge is 2.16. The maximum absolute atomic E-state index is 5.22. The third-order valence-electron chi connectivity index (χ3n) is 1.92. The average molecular weight is 185 g/mol. The predicted molar refractivity (Wildman–Crippen MR) is 52.7 cm³/mol. The van der Waals surface area contributed by atoms with Crippen LogP contribution < -0.4 is 0 Å². The summed E-state index contributed by atoms with van der Waals surface area (Å²) in [5, 5.41) is 4.14. The molecule has 1 unspecified atom stereocenters. The Morgan fingerprint density at radius 3 is 2.17 bits per heavy atom. The van der Waals surface area contributed by atoms with Gasteiger partial charge in [-0.15, -0.1) is 0 Å². The Kier molecular flexibility index (Phi) is 2.83. The van der Waals surface area contributed by atoms with Crippen LogP contribution in [0.3, 0.4) is 0 Å². The average Bonchev–Trinajstić information content (AvgIpc) is 2.30. The van der Waals surface area contributed by atoms with E-state index in [1.807, 2.05) is 13.8 Å². The van der Waals surface area contributed by atoms with Crippen molar-refractivity contribution in [1.29, 1.82) is 0 Å². The van der Waals surface area contributed by atoms with Crippen molar-refractivity contribution < 1.29 is 4.52 Å². The minimum absolute atomic E-state index is 0.154. The molecule has 0 aliphatic carbocycles. The first-order chi connectivity index (χ1) is 5.54. The lowest BCUT2D eigenvalue weighted by molar-refractivity contribution is 0.365. The fourth-order valence-corrected chi connectivity index (χ4v) is 1.53. The maximum atomic E-state index is 5.22. The minimum Gasteiger partial charge on any atom is -0.361 e. The molecular weight excluding hydrogens is 170 g/mol. The van der Waals surface area contributed by atoms with Crippen molar-refractivity contribution in [1.82, 2.24) is 5.16 Å². The van der Waals surface area contributed by atoms with Crippen LogP contribution in [0.15, 0.2) is 4.52 Å². The van der Waals surface area contributed by atoms with Crippen LogP contribution in [0.2, 0.25) is 0 Å². The normalized spacial score (nSPS) is 13.8. The van der Waals surface area contributed by atoms with E-state index in [4.69, 9.17) is 4.52 Å². The molecule has 1 heterocycles. The van der Waals surface area contributed by atoms with E-state index in [9.17, 15) is 0 Å². The second-order valence-corrected chi connectivity index (χ2v) is 4.16. The number of rotatable bonds is 2. The molecule has 12 heavy (non-hydrogen) atoms. The smallest absolute Gasteiger partial charge is 0.142 e. The molecular formula is C9H15NOS. The first kappa shape index (κ1) is 9.65. The molecule has 0 aromatic carbocycles. The zero-order valence-electron chi connectivity index (χ0n) is 7.96. The van der Waals surface area contributed by atoms with Crippen molar-refractivity contribution in [2.75, 3.05) is 0 Å². The van der Waals surface area contributed by atoms with Gasteiger partial charge in [0.2, 0.25) is 0 Å². The van der Waals surface area contributed by atoms with Crippen LogP contribution >= 0.6 is 12.6 Å². The van der Waals surface area contributed by atoms with Crippen LogP contribution in [0.1, 0.15) is 49.0 Å². The van der Waals surface area contributed by atoms with E-state index in [2.05, 4.69) is 31.6 Å². The fourth-order valence-electron chi connectivity index (χ4n) is 1.29. The molecule has 0 saturated carbocycles. The standard InChI is InChI=1S/C9H15NOS/c1-5(2)9-6(3)8(7(4)12)10-11-9/h5,7,12H,1-4H3. The van der Waals surface area contributed by atoms with Crippen molar-refractivity contribution in [3.63, 3.8) is 0 Å². The molecule has 68 valence electrons. The first-order valence-electron chi connectivity index (χ1n) is 4.18. The summed E-state index contributed by atoms with van der Waals surface area (Å²) >= 11 is 4.32. The van der Waals surface area contributed by atoms with Gasteiger partial charge in [0.15, 0.2) is 0 Å². The van der Waals surface area contributed by atoms with Crippen LogP contribution in [-0.2, 0) is 0 Å². The topological polar surface area (TPSA) is 26.0 Å². The lowest BCUT2D eigenvalue weighted by atomic mass is 10.1. The second kappa shape index (κ2) is 3.52. The van der Waals surface area contributed by atoms with Gasteiger partial charge in [0, 0.05) is 16.7 Å². The van der Waals surface area contributed by atoms with E-state index in [1.165, 1.54) is 0 Å². The van der Waals surface area contributed by atoms with Crippen molar-refractivity contribution in [2.45, 2.75) is 38.9 Å². The van der Waals surface area contributed by atoms with Gasteiger partial charge < -0.3 is 4.52 Å². The molecule has 1 atom stereocenters. The van der Waals surface area contributed by atoms with Gasteiger partial charge in [0.05, 0.1) is 5.69 Å². The van der Waals surface area contributed by atoms with Crippen LogP contribution in [0, 0.1) is 6.92 Å². The van der Waals surface area contributed by atoms with E-state index in [0.717, 1.165) is 17.0 Å². The molecule has 1 rings (SSSR count). The van der Waals surface area contributed by atoms with Crippen LogP contribution in [0.4, 0.5) is 0 Å². The summed E-state index contributed by atoms with van der Waals surface area (Å²) in [5.74, 6) is 1.38. The largest absolute Gasteiger partial charge is 0.361 e. The Hall–Kier alpha value is -0.440. The highest BCUT2D eigenvalue weighted by atomic mass is 32.1. The van der Waals surface area contributed by atoms with Gasteiger partial charge in [-0.25, -0.2) is 0 Å². The van der Waals surface area contributed by atoms with Gasteiger partial charge >= 0.3 is 0 Å². The summed E-state index contributed by atoms with van der Waals surface area (Å²) in [4.78, 5) is 0. The molecule has 1 aromatic heterocycles. The summed E-state index contributed by atoms with van der Waals surface area (Å²) in [6, 6.07) is 0. The summed E-state index contributed by atoms with van der Waals surface area (Å²) in [5.41, 5.74) is 2.11. The molecule has 0 amide bonds. The van der Waals surface area contributed by atoms with Gasteiger partial charge in [-0.05, 0) is 13.8 Å². The van der Waals surface area contributed by atoms with E-state index in [0.29, 0.717) is 5.92 Å². The van der Waals surface area contributed by atoms with Gasteiger partial charge in [-0.1, -0.05) is 19.0 Å². The lowest BCUT2D eigenvalue weighted by Gasteiger charge is -2.01. The molecule has 3 heteroatoms. The molecule has 0 radical (unpaired) electrons. The zero-order chi connectivity index (χ0) is 9.30. The van der Waals surface area contributed by atoms with Crippen LogP contribution in [0.25, 0.3) is 0 Å². The van der Waals surface area contributed by atoms with Gasteiger partial charge in [0.1, 0.15) is 5.76 Å². The van der Waals surface area contributed by atoms with E-state index >= 15 is 0 Å². The number of thiol groups is 1. The highest BCUT2D eigenvalue weighted by Crippen LogP contribution is 2.27. The molecule has 0 fully saturated rings. The Morgan fingerprint density at radius 1 is 1.33 bits per heavy atom. The summed E-state index contributed by atoms with van der Waals surface area (Å²) < 4.78 is 5.22. The van der Waals surface area contributed by atoms with Crippen molar-refractivity contribution in [3.8, 4) is 0 Å². The summed E-state index contributed by atoms with van der Waals surface area (Å²) in [6.07, 6.45) is 0. The number of hydrogen-bond acceptors (Lipinski definition) is 3. The molecule has 0 aliphatic heterocycles. The Bertz CT molecular complexity index is 240. The third kappa shape index (κ3) is 1.66. The lowest BCUT2D eigenvalue weighted by Crippen LogP contribution is -1.90. The molecule has 0 saturated heterocycles. The quantitative estimate of drug-likeness (QED) is 0.716. The molecule has 0 spiro atoms. The molecule has 0 bridgehead atoms. The SMILES string of the molecule is Cc1c(C(C)S)noc1C(C)C. The monoisotopic (exact) mass is 185 g/mol. The van der Waals surface area contributed by atoms with Crippen molar-refractivity contribution >= 4 is 12.6 Å². The van der Waals surface area contributed by atoms with Crippen LogP contribution in [-0.4, -0.2) is 5.16 Å². The van der Waals surface area contributed by atoms with E-state index < -0.39 is 0 Å². The zero-order valence-corrected chi connectivity index (χ0v) is 8.85. The van der Waals surface area contributed by atoms with E-state index in [1.54, 1.807) is 0 Å². The number of hydrogen-bond donors (Lipinski definition) is 1. The number of aromatic nitrogens is 1. The summed E-state index contributed by atoms with van der Waals surface area (Å²) in [6.45, 7) is 8.23. The van der Waals surface area contributed by atoms with Gasteiger partial charge in [0.25, 0.3) is 0 Å². The number of nitrogens with zero attached hydrogens (tertiary/aromatic N) is 1. The van der Waals surface area contributed by atoms with Crippen molar-refractivity contribution in [3.05, 3.63) is 17.0 Å². The van der Waals surface area contributed by atoms with E-state index in [-0.39, 0.29) is 5.25 Å². The Morgan fingerprint density at radius 2 is 1.92 bits per heavy atom.